The molecule has 0 aromatic heterocycles. The van der Waals surface area contributed by atoms with Gasteiger partial charge >= 0.3 is 0 Å². The summed E-state index contributed by atoms with van der Waals surface area (Å²) in [6, 6.07) is 9.77. The highest BCUT2D eigenvalue weighted by molar-refractivity contribution is 5.27. The fraction of sp³-hybridized carbons (Fsp3) is 0.647. The Labute approximate surface area is 118 Å². The van der Waals surface area contributed by atoms with E-state index in [1.807, 2.05) is 0 Å². The van der Waals surface area contributed by atoms with Crippen molar-refractivity contribution in [3.63, 3.8) is 0 Å². The molecule has 1 fully saturated rings. The van der Waals surface area contributed by atoms with Crippen LogP contribution in [0.2, 0.25) is 0 Å². The lowest BCUT2D eigenvalue weighted by Crippen LogP contribution is -2.28. The van der Waals surface area contributed by atoms with E-state index in [1.54, 1.807) is 0 Å². The third kappa shape index (κ3) is 4.05. The number of benzene rings is 1. The molecule has 2 nitrogen and oxygen atoms in total. The highest BCUT2D eigenvalue weighted by atomic mass is 15.2. The predicted octanol–water partition coefficient (Wildman–Crippen LogP) is 3.21. The van der Waals surface area contributed by atoms with E-state index in [-0.39, 0.29) is 0 Å². The minimum Gasteiger partial charge on any atom is -0.317 e. The predicted molar refractivity (Wildman–Crippen MR) is 82.4 cm³/mol. The molecule has 106 valence electrons. The standard InChI is InChI=1S/C17H28N2/c1-3-17-10-7-13-19(17)14-16-9-6-5-8-15(16)11-12-18-4-2/h5-6,8-9,17-18H,3-4,7,10-14H2,1-2H3. The monoisotopic (exact) mass is 260 g/mol. The van der Waals surface area contributed by atoms with Gasteiger partial charge in [-0.15, -0.1) is 0 Å². The van der Waals surface area contributed by atoms with Crippen molar-refractivity contribution in [3.05, 3.63) is 35.4 Å². The summed E-state index contributed by atoms with van der Waals surface area (Å²) in [5.74, 6) is 0. The zero-order valence-corrected chi connectivity index (χ0v) is 12.5. The molecular weight excluding hydrogens is 232 g/mol. The molecule has 1 N–H and O–H groups in total. The van der Waals surface area contributed by atoms with E-state index in [0.29, 0.717) is 0 Å². The molecule has 0 spiro atoms. The van der Waals surface area contributed by atoms with Gasteiger partial charge in [-0.1, -0.05) is 38.1 Å². The van der Waals surface area contributed by atoms with Gasteiger partial charge in [0, 0.05) is 12.6 Å². The summed E-state index contributed by atoms with van der Waals surface area (Å²) in [7, 11) is 0. The van der Waals surface area contributed by atoms with Crippen molar-refractivity contribution >= 4 is 0 Å². The van der Waals surface area contributed by atoms with Gasteiger partial charge in [-0.05, 0) is 56.4 Å². The lowest BCUT2D eigenvalue weighted by atomic mass is 10.0. The summed E-state index contributed by atoms with van der Waals surface area (Å²) in [6.07, 6.45) is 5.20. The second-order valence-corrected chi connectivity index (χ2v) is 5.55. The third-order valence-electron chi connectivity index (χ3n) is 4.28. The summed E-state index contributed by atoms with van der Waals surface area (Å²) in [4.78, 5) is 2.67. The molecular formula is C17H28N2. The molecule has 1 saturated heterocycles. The Balaban J connectivity index is 1.98. The molecule has 1 aliphatic heterocycles. The first-order chi connectivity index (χ1) is 9.35. The smallest absolute Gasteiger partial charge is 0.0239 e. The molecule has 0 saturated carbocycles. The van der Waals surface area contributed by atoms with E-state index in [9.17, 15) is 0 Å². The van der Waals surface area contributed by atoms with Crippen LogP contribution in [0.15, 0.2) is 24.3 Å². The zero-order valence-electron chi connectivity index (χ0n) is 12.5. The molecule has 1 heterocycles. The van der Waals surface area contributed by atoms with Crippen LogP contribution in [0.3, 0.4) is 0 Å². The quantitative estimate of drug-likeness (QED) is 0.757. The first-order valence-electron chi connectivity index (χ1n) is 7.86. The Morgan fingerprint density at radius 2 is 2.00 bits per heavy atom. The summed E-state index contributed by atoms with van der Waals surface area (Å²) in [5.41, 5.74) is 3.05. The maximum atomic E-state index is 3.42. The summed E-state index contributed by atoms with van der Waals surface area (Å²) < 4.78 is 0. The molecule has 0 amide bonds. The van der Waals surface area contributed by atoms with Crippen LogP contribution in [0.25, 0.3) is 0 Å². The molecule has 2 rings (SSSR count). The van der Waals surface area contributed by atoms with Crippen LogP contribution in [0.4, 0.5) is 0 Å². The Morgan fingerprint density at radius 1 is 1.21 bits per heavy atom. The van der Waals surface area contributed by atoms with Gasteiger partial charge in [-0.3, -0.25) is 4.90 Å². The van der Waals surface area contributed by atoms with Gasteiger partial charge in [-0.2, -0.15) is 0 Å². The maximum absolute atomic E-state index is 3.42. The van der Waals surface area contributed by atoms with Crippen molar-refractivity contribution in [1.29, 1.82) is 0 Å². The zero-order chi connectivity index (χ0) is 13.5. The van der Waals surface area contributed by atoms with Crippen molar-refractivity contribution in [2.75, 3.05) is 19.6 Å². The third-order valence-corrected chi connectivity index (χ3v) is 4.28. The van der Waals surface area contributed by atoms with Crippen LogP contribution in [0.5, 0.6) is 0 Å². The Morgan fingerprint density at radius 3 is 2.74 bits per heavy atom. The Bertz CT molecular complexity index is 375. The molecule has 1 aliphatic rings. The first-order valence-corrected chi connectivity index (χ1v) is 7.86. The molecule has 1 aromatic carbocycles. The fourth-order valence-corrected chi connectivity index (χ4v) is 3.14. The average molecular weight is 260 g/mol. The Kier molecular flexibility index (Phi) is 5.87. The second-order valence-electron chi connectivity index (χ2n) is 5.55. The number of likely N-dealkylation sites (tertiary alicyclic amines) is 1. The van der Waals surface area contributed by atoms with E-state index in [0.717, 1.165) is 32.1 Å². The van der Waals surface area contributed by atoms with Crippen molar-refractivity contribution in [2.45, 2.75) is 52.1 Å². The van der Waals surface area contributed by atoms with E-state index < -0.39 is 0 Å². The molecule has 0 radical (unpaired) electrons. The van der Waals surface area contributed by atoms with E-state index in [2.05, 4.69) is 48.3 Å². The van der Waals surface area contributed by atoms with Crippen LogP contribution < -0.4 is 5.32 Å². The Hall–Kier alpha value is -0.860. The van der Waals surface area contributed by atoms with Crippen LogP contribution in [-0.4, -0.2) is 30.6 Å². The minimum absolute atomic E-state index is 0.807. The number of hydrogen-bond acceptors (Lipinski definition) is 2. The van der Waals surface area contributed by atoms with Crippen LogP contribution in [0, 0.1) is 0 Å². The van der Waals surface area contributed by atoms with Gasteiger partial charge in [0.2, 0.25) is 0 Å². The van der Waals surface area contributed by atoms with E-state index in [4.69, 9.17) is 0 Å². The van der Waals surface area contributed by atoms with Crippen LogP contribution in [-0.2, 0) is 13.0 Å². The van der Waals surface area contributed by atoms with Crippen molar-refractivity contribution in [3.8, 4) is 0 Å². The topological polar surface area (TPSA) is 15.3 Å². The number of nitrogens with one attached hydrogen (secondary N) is 1. The maximum Gasteiger partial charge on any atom is 0.0239 e. The molecule has 2 heteroatoms. The molecule has 19 heavy (non-hydrogen) atoms. The summed E-state index contributed by atoms with van der Waals surface area (Å²) >= 11 is 0. The second kappa shape index (κ2) is 7.66. The lowest BCUT2D eigenvalue weighted by Gasteiger charge is -2.24. The van der Waals surface area contributed by atoms with Crippen molar-refractivity contribution in [2.24, 2.45) is 0 Å². The molecule has 0 bridgehead atoms. The van der Waals surface area contributed by atoms with Crippen molar-refractivity contribution in [1.82, 2.24) is 10.2 Å². The number of rotatable bonds is 7. The largest absolute Gasteiger partial charge is 0.317 e. The van der Waals surface area contributed by atoms with E-state index in [1.165, 1.54) is 36.9 Å². The lowest BCUT2D eigenvalue weighted by molar-refractivity contribution is 0.239. The number of hydrogen-bond donors (Lipinski definition) is 1. The fourth-order valence-electron chi connectivity index (χ4n) is 3.14. The highest BCUT2D eigenvalue weighted by Crippen LogP contribution is 2.23. The summed E-state index contributed by atoms with van der Waals surface area (Å²) in [6.45, 7) is 9.06. The first kappa shape index (κ1) is 14.5. The van der Waals surface area contributed by atoms with Gasteiger partial charge in [-0.25, -0.2) is 0 Å². The number of likely N-dealkylation sites (N-methyl/N-ethyl adjacent to an activating group) is 1. The summed E-state index contributed by atoms with van der Waals surface area (Å²) in [5, 5.41) is 3.42. The van der Waals surface area contributed by atoms with E-state index >= 15 is 0 Å². The van der Waals surface area contributed by atoms with Gasteiger partial charge in [0.25, 0.3) is 0 Å². The van der Waals surface area contributed by atoms with Gasteiger partial charge in [0.15, 0.2) is 0 Å². The van der Waals surface area contributed by atoms with Crippen molar-refractivity contribution < 1.29 is 0 Å². The van der Waals surface area contributed by atoms with Crippen LogP contribution in [0.1, 0.15) is 44.2 Å². The van der Waals surface area contributed by atoms with Gasteiger partial charge in [0.05, 0.1) is 0 Å². The SMILES string of the molecule is CCNCCc1ccccc1CN1CCCC1CC. The van der Waals surface area contributed by atoms with Crippen LogP contribution >= 0.6 is 0 Å². The normalized spacial score (nSPS) is 20.0. The highest BCUT2D eigenvalue weighted by Gasteiger charge is 2.23. The average Bonchev–Trinajstić information content (AvgIpc) is 2.88. The minimum atomic E-state index is 0.807. The number of nitrogens with zero attached hydrogens (tertiary/aromatic N) is 1. The van der Waals surface area contributed by atoms with Gasteiger partial charge in [0.1, 0.15) is 0 Å². The van der Waals surface area contributed by atoms with Gasteiger partial charge < -0.3 is 5.32 Å². The molecule has 1 aromatic rings. The molecule has 1 unspecified atom stereocenters. The molecule has 0 aliphatic carbocycles. The molecule has 1 atom stereocenters.